The van der Waals surface area contributed by atoms with Gasteiger partial charge in [-0.25, -0.2) is 9.18 Å². The van der Waals surface area contributed by atoms with E-state index in [0.717, 1.165) is 5.57 Å². The molecule has 1 aromatic carbocycles. The van der Waals surface area contributed by atoms with Gasteiger partial charge in [-0.15, -0.1) is 0 Å². The minimum atomic E-state index is -1.01. The van der Waals surface area contributed by atoms with Crippen molar-refractivity contribution >= 4 is 23.3 Å². The summed E-state index contributed by atoms with van der Waals surface area (Å²) in [5, 5.41) is 0. The molecule has 1 saturated heterocycles. The van der Waals surface area contributed by atoms with Gasteiger partial charge in [-0.05, 0) is 30.2 Å². The van der Waals surface area contributed by atoms with Crippen LogP contribution < -0.4 is 10.6 Å². The van der Waals surface area contributed by atoms with E-state index in [4.69, 9.17) is 15.2 Å². The first-order chi connectivity index (χ1) is 10.6. The van der Waals surface area contributed by atoms with Crippen LogP contribution in [0.15, 0.2) is 24.3 Å². The maximum atomic E-state index is 14.3. The molecule has 1 aromatic rings. The summed E-state index contributed by atoms with van der Waals surface area (Å²) >= 11 is 0. The van der Waals surface area contributed by atoms with Crippen LogP contribution in [0.5, 0.6) is 0 Å². The molecule has 0 spiro atoms. The van der Waals surface area contributed by atoms with E-state index < -0.39 is 23.9 Å². The number of amides is 2. The standard InChI is InChI=1S/C15H15FN2O4/c16-12-7-10(18-8-13(14(17)19)22-15(18)20)1-2-11(12)9-3-5-21-6-4-9/h1-3,7,13H,4-6,8H2,(H2,17,19)/t13-/m1/s1. The summed E-state index contributed by atoms with van der Waals surface area (Å²) in [7, 11) is 0. The Kier molecular flexibility index (Phi) is 3.81. The third kappa shape index (κ3) is 2.67. The minimum absolute atomic E-state index is 0.0104. The van der Waals surface area contributed by atoms with Crippen molar-refractivity contribution in [1.29, 1.82) is 0 Å². The number of hydrogen-bond donors (Lipinski definition) is 1. The molecule has 0 radical (unpaired) electrons. The number of nitrogens with two attached hydrogens (primary N) is 1. The molecule has 2 amide bonds. The van der Waals surface area contributed by atoms with Gasteiger partial charge in [0.25, 0.3) is 5.91 Å². The van der Waals surface area contributed by atoms with Gasteiger partial charge in [-0.1, -0.05) is 6.08 Å². The Labute approximate surface area is 126 Å². The molecule has 2 N–H and O–H groups in total. The molecule has 3 rings (SSSR count). The molecule has 2 aliphatic rings. The first kappa shape index (κ1) is 14.5. The topological polar surface area (TPSA) is 81.9 Å². The Morgan fingerprint density at radius 3 is 2.82 bits per heavy atom. The average molecular weight is 306 g/mol. The number of cyclic esters (lactones) is 1. The number of nitrogens with zero attached hydrogens (tertiary/aromatic N) is 1. The van der Waals surface area contributed by atoms with E-state index in [9.17, 15) is 14.0 Å². The first-order valence-corrected chi connectivity index (χ1v) is 6.90. The Bertz CT molecular complexity index is 659. The zero-order valence-corrected chi connectivity index (χ0v) is 11.8. The van der Waals surface area contributed by atoms with E-state index in [1.165, 1.54) is 11.0 Å². The predicted octanol–water partition coefficient (Wildman–Crippen LogP) is 1.44. The number of rotatable bonds is 3. The van der Waals surface area contributed by atoms with E-state index in [2.05, 4.69) is 0 Å². The zero-order valence-electron chi connectivity index (χ0n) is 11.8. The van der Waals surface area contributed by atoms with Crippen molar-refractivity contribution in [1.82, 2.24) is 0 Å². The number of anilines is 1. The molecule has 2 heterocycles. The molecule has 1 atom stereocenters. The van der Waals surface area contributed by atoms with Crippen LogP contribution >= 0.6 is 0 Å². The van der Waals surface area contributed by atoms with Crippen molar-refractivity contribution in [3.63, 3.8) is 0 Å². The van der Waals surface area contributed by atoms with Crippen LogP contribution in [0.25, 0.3) is 5.57 Å². The second-order valence-corrected chi connectivity index (χ2v) is 5.10. The van der Waals surface area contributed by atoms with Gasteiger partial charge in [0.15, 0.2) is 6.10 Å². The molecule has 0 saturated carbocycles. The van der Waals surface area contributed by atoms with Gasteiger partial charge in [0.1, 0.15) is 5.82 Å². The van der Waals surface area contributed by atoms with Crippen LogP contribution in [0.4, 0.5) is 14.9 Å². The van der Waals surface area contributed by atoms with Crippen LogP contribution in [0.2, 0.25) is 0 Å². The number of primary amides is 1. The fraction of sp³-hybridized carbons (Fsp3) is 0.333. The summed E-state index contributed by atoms with van der Waals surface area (Å²) in [4.78, 5) is 24.0. The zero-order chi connectivity index (χ0) is 15.7. The second kappa shape index (κ2) is 5.76. The molecule has 2 aliphatic heterocycles. The molecule has 7 heteroatoms. The fourth-order valence-electron chi connectivity index (χ4n) is 2.53. The van der Waals surface area contributed by atoms with E-state index in [1.54, 1.807) is 12.1 Å². The maximum Gasteiger partial charge on any atom is 0.415 e. The fourth-order valence-corrected chi connectivity index (χ4v) is 2.53. The van der Waals surface area contributed by atoms with Gasteiger partial charge in [0.05, 0.1) is 25.4 Å². The Balaban J connectivity index is 1.84. The van der Waals surface area contributed by atoms with Crippen LogP contribution in [0.1, 0.15) is 12.0 Å². The van der Waals surface area contributed by atoms with Crippen molar-refractivity contribution < 1.29 is 23.5 Å². The number of carbonyl (C=O) groups excluding carboxylic acids is 2. The van der Waals surface area contributed by atoms with Gasteiger partial charge < -0.3 is 15.2 Å². The highest BCUT2D eigenvalue weighted by molar-refractivity contribution is 5.95. The predicted molar refractivity (Wildman–Crippen MR) is 76.6 cm³/mol. The number of halogens is 1. The highest BCUT2D eigenvalue weighted by Crippen LogP contribution is 2.29. The molecular formula is C15H15FN2O4. The molecule has 0 unspecified atom stereocenters. The monoisotopic (exact) mass is 306 g/mol. The minimum Gasteiger partial charge on any atom is -0.434 e. The second-order valence-electron chi connectivity index (χ2n) is 5.10. The van der Waals surface area contributed by atoms with Gasteiger partial charge in [-0.3, -0.25) is 9.69 Å². The summed E-state index contributed by atoms with van der Waals surface area (Å²) < 4.78 is 24.4. The van der Waals surface area contributed by atoms with Crippen LogP contribution in [-0.2, 0) is 14.3 Å². The molecule has 0 aliphatic carbocycles. The summed E-state index contributed by atoms with van der Waals surface area (Å²) in [5.41, 5.74) is 6.83. The Morgan fingerprint density at radius 1 is 1.41 bits per heavy atom. The molecule has 1 fully saturated rings. The summed E-state index contributed by atoms with van der Waals surface area (Å²) in [6.45, 7) is 1.02. The van der Waals surface area contributed by atoms with E-state index in [1.807, 2.05) is 6.08 Å². The maximum absolute atomic E-state index is 14.3. The largest absolute Gasteiger partial charge is 0.434 e. The van der Waals surface area contributed by atoms with Crippen LogP contribution in [0, 0.1) is 5.82 Å². The summed E-state index contributed by atoms with van der Waals surface area (Å²) in [6.07, 6.45) is 0.773. The van der Waals surface area contributed by atoms with Gasteiger partial charge in [-0.2, -0.15) is 0 Å². The third-order valence-corrected chi connectivity index (χ3v) is 3.70. The van der Waals surface area contributed by atoms with Crippen LogP contribution in [0.3, 0.4) is 0 Å². The van der Waals surface area contributed by atoms with Crippen molar-refractivity contribution in [2.24, 2.45) is 5.73 Å². The normalized spacial score (nSPS) is 21.5. The van der Waals surface area contributed by atoms with Crippen molar-refractivity contribution in [3.8, 4) is 0 Å². The van der Waals surface area contributed by atoms with Crippen molar-refractivity contribution in [2.75, 3.05) is 24.7 Å². The first-order valence-electron chi connectivity index (χ1n) is 6.90. The van der Waals surface area contributed by atoms with Crippen molar-refractivity contribution in [2.45, 2.75) is 12.5 Å². The average Bonchev–Trinajstić information content (AvgIpc) is 2.90. The number of benzene rings is 1. The number of hydrogen-bond acceptors (Lipinski definition) is 4. The number of ether oxygens (including phenoxy) is 2. The molecule has 0 aromatic heterocycles. The van der Waals surface area contributed by atoms with Gasteiger partial charge >= 0.3 is 6.09 Å². The summed E-state index contributed by atoms with van der Waals surface area (Å²) in [5.74, 6) is -1.15. The lowest BCUT2D eigenvalue weighted by molar-refractivity contribution is -0.124. The number of carbonyl (C=O) groups is 2. The molecule has 116 valence electrons. The molecule has 6 nitrogen and oxygen atoms in total. The SMILES string of the molecule is NC(=O)[C@H]1CN(c2ccc(C3=CCOCC3)c(F)c2)C(=O)O1. The molecule has 0 bridgehead atoms. The lowest BCUT2D eigenvalue weighted by Gasteiger charge is -2.17. The Morgan fingerprint density at radius 2 is 2.23 bits per heavy atom. The van der Waals surface area contributed by atoms with Crippen LogP contribution in [-0.4, -0.2) is 37.9 Å². The Hall–Kier alpha value is -2.41. The molecular weight excluding hydrogens is 291 g/mol. The van der Waals surface area contributed by atoms with E-state index >= 15 is 0 Å². The van der Waals surface area contributed by atoms with Crippen molar-refractivity contribution in [3.05, 3.63) is 35.7 Å². The quantitative estimate of drug-likeness (QED) is 0.916. The molecule has 22 heavy (non-hydrogen) atoms. The summed E-state index contributed by atoms with van der Waals surface area (Å²) in [6, 6.07) is 4.50. The third-order valence-electron chi connectivity index (χ3n) is 3.70. The van der Waals surface area contributed by atoms with Gasteiger partial charge in [0.2, 0.25) is 0 Å². The smallest absolute Gasteiger partial charge is 0.415 e. The van der Waals surface area contributed by atoms with E-state index in [0.29, 0.717) is 30.9 Å². The lowest BCUT2D eigenvalue weighted by Crippen LogP contribution is -2.32. The lowest BCUT2D eigenvalue weighted by atomic mass is 10.0. The highest BCUT2D eigenvalue weighted by Gasteiger charge is 2.36. The van der Waals surface area contributed by atoms with E-state index in [-0.39, 0.29) is 6.54 Å². The highest BCUT2D eigenvalue weighted by atomic mass is 19.1. The van der Waals surface area contributed by atoms with Gasteiger partial charge in [0, 0.05) is 5.56 Å².